The Bertz CT molecular complexity index is 628. The van der Waals surface area contributed by atoms with Gasteiger partial charge in [0.05, 0.1) is 6.26 Å². The third kappa shape index (κ3) is 4.51. The summed E-state index contributed by atoms with van der Waals surface area (Å²) in [6.07, 6.45) is 4.48. The number of hydrogen-bond donors (Lipinski definition) is 2. The number of pyridine rings is 1. The average molecular weight is 279 g/mol. The molecule has 2 N–H and O–H groups in total. The van der Waals surface area contributed by atoms with Gasteiger partial charge in [0, 0.05) is 18.9 Å². The zero-order chi connectivity index (χ0) is 13.7. The number of sulfonamides is 1. The highest BCUT2D eigenvalue weighted by Crippen LogP contribution is 2.08. The van der Waals surface area contributed by atoms with Gasteiger partial charge in [-0.1, -0.05) is 0 Å². The second kappa shape index (κ2) is 5.61. The maximum Gasteiger partial charge on any atom is 0.231 e. The lowest BCUT2D eigenvalue weighted by molar-refractivity contribution is 0.606. The van der Waals surface area contributed by atoms with Gasteiger partial charge in [0.1, 0.15) is 5.82 Å². The van der Waals surface area contributed by atoms with Crippen LogP contribution in [0.3, 0.4) is 0 Å². The molecule has 0 aliphatic rings. The minimum atomic E-state index is -3.33. The summed E-state index contributed by atoms with van der Waals surface area (Å²) in [5.41, 5.74) is 1.06. The molecular formula is C11H13N5O2S. The molecule has 0 aliphatic carbocycles. The number of nitrogens with zero attached hydrogens (tertiary/aromatic N) is 3. The van der Waals surface area contributed by atoms with Crippen LogP contribution in [0.25, 0.3) is 0 Å². The summed E-state index contributed by atoms with van der Waals surface area (Å²) >= 11 is 0. The molecule has 0 spiro atoms. The fourth-order valence-corrected chi connectivity index (χ4v) is 1.85. The van der Waals surface area contributed by atoms with Crippen molar-refractivity contribution in [3.8, 4) is 0 Å². The Balaban J connectivity index is 1.96. The summed E-state index contributed by atoms with van der Waals surface area (Å²) in [4.78, 5) is 3.93. The van der Waals surface area contributed by atoms with Crippen LogP contribution in [0.5, 0.6) is 0 Å². The minimum absolute atomic E-state index is 0.192. The second-order valence-electron chi connectivity index (χ2n) is 3.89. The molecule has 0 bridgehead atoms. The molecule has 0 atom stereocenters. The van der Waals surface area contributed by atoms with Gasteiger partial charge < -0.3 is 5.32 Å². The Morgan fingerprint density at radius 2 is 1.68 bits per heavy atom. The van der Waals surface area contributed by atoms with Crippen LogP contribution in [0.4, 0.5) is 11.6 Å². The summed E-state index contributed by atoms with van der Waals surface area (Å²) in [7, 11) is -3.33. The molecule has 0 aliphatic heterocycles. The van der Waals surface area contributed by atoms with E-state index in [0.717, 1.165) is 11.8 Å². The molecule has 0 fully saturated rings. The molecular weight excluding hydrogens is 266 g/mol. The van der Waals surface area contributed by atoms with E-state index in [2.05, 4.69) is 25.2 Å². The van der Waals surface area contributed by atoms with Crippen LogP contribution in [0.15, 0.2) is 36.7 Å². The van der Waals surface area contributed by atoms with Crippen molar-refractivity contribution in [2.24, 2.45) is 0 Å². The first-order valence-electron chi connectivity index (χ1n) is 5.47. The zero-order valence-electron chi connectivity index (χ0n) is 10.2. The first kappa shape index (κ1) is 13.2. The quantitative estimate of drug-likeness (QED) is 0.842. The van der Waals surface area contributed by atoms with Gasteiger partial charge >= 0.3 is 0 Å². The van der Waals surface area contributed by atoms with E-state index in [1.807, 2.05) is 12.1 Å². The van der Waals surface area contributed by atoms with E-state index in [0.29, 0.717) is 12.4 Å². The highest BCUT2D eigenvalue weighted by atomic mass is 32.2. The van der Waals surface area contributed by atoms with Gasteiger partial charge in [-0.3, -0.25) is 9.71 Å². The average Bonchev–Trinajstić information content (AvgIpc) is 2.37. The predicted molar refractivity (Wildman–Crippen MR) is 72.1 cm³/mol. The van der Waals surface area contributed by atoms with Crippen LogP contribution in [-0.4, -0.2) is 29.9 Å². The molecule has 2 aromatic rings. The summed E-state index contributed by atoms with van der Waals surface area (Å²) in [6.45, 7) is 0.593. The molecule has 0 saturated carbocycles. The first-order valence-corrected chi connectivity index (χ1v) is 7.36. The molecule has 0 unspecified atom stereocenters. The van der Waals surface area contributed by atoms with E-state index >= 15 is 0 Å². The van der Waals surface area contributed by atoms with Gasteiger partial charge in [0.15, 0.2) is 5.82 Å². The predicted octanol–water partition coefficient (Wildman–Crippen LogP) is 0.855. The van der Waals surface area contributed by atoms with Gasteiger partial charge in [-0.15, -0.1) is 10.2 Å². The fourth-order valence-electron chi connectivity index (χ4n) is 1.36. The van der Waals surface area contributed by atoms with Gasteiger partial charge in [-0.2, -0.15) is 0 Å². The monoisotopic (exact) mass is 279 g/mol. The van der Waals surface area contributed by atoms with Crippen LogP contribution in [-0.2, 0) is 16.6 Å². The second-order valence-corrected chi connectivity index (χ2v) is 5.64. The smallest absolute Gasteiger partial charge is 0.231 e. The zero-order valence-corrected chi connectivity index (χ0v) is 11.1. The molecule has 100 valence electrons. The number of rotatable bonds is 5. The topological polar surface area (TPSA) is 96.9 Å². The van der Waals surface area contributed by atoms with Crippen molar-refractivity contribution < 1.29 is 8.42 Å². The number of nitrogens with one attached hydrogen (secondary N) is 2. The molecule has 8 heteroatoms. The highest BCUT2D eigenvalue weighted by Gasteiger charge is 2.03. The fraction of sp³-hybridized carbons (Fsp3) is 0.182. The van der Waals surface area contributed by atoms with Crippen LogP contribution >= 0.6 is 0 Å². The third-order valence-electron chi connectivity index (χ3n) is 2.18. The van der Waals surface area contributed by atoms with Crippen molar-refractivity contribution in [3.05, 3.63) is 42.2 Å². The minimum Gasteiger partial charge on any atom is -0.365 e. The van der Waals surface area contributed by atoms with E-state index in [4.69, 9.17) is 0 Å². The summed E-state index contributed by atoms with van der Waals surface area (Å²) in [6, 6.07) is 6.98. The lowest BCUT2D eigenvalue weighted by Crippen LogP contribution is -2.11. The van der Waals surface area contributed by atoms with Gasteiger partial charge in [-0.05, 0) is 29.8 Å². The van der Waals surface area contributed by atoms with Crippen LogP contribution in [0.1, 0.15) is 5.56 Å². The lowest BCUT2D eigenvalue weighted by atomic mass is 10.3. The van der Waals surface area contributed by atoms with E-state index in [1.165, 1.54) is 0 Å². The Morgan fingerprint density at radius 3 is 2.26 bits per heavy atom. The molecule has 2 heterocycles. The Morgan fingerprint density at radius 1 is 1.05 bits per heavy atom. The van der Waals surface area contributed by atoms with Crippen LogP contribution in [0, 0.1) is 0 Å². The SMILES string of the molecule is CS(=O)(=O)Nc1ccc(NCc2ccncc2)nn1. The summed E-state index contributed by atoms with van der Waals surface area (Å²) < 4.78 is 24.2. The van der Waals surface area contributed by atoms with Crippen molar-refractivity contribution in [3.63, 3.8) is 0 Å². The van der Waals surface area contributed by atoms with Crippen molar-refractivity contribution in [2.45, 2.75) is 6.54 Å². The Hall–Kier alpha value is -2.22. The maximum absolute atomic E-state index is 11.0. The molecule has 7 nitrogen and oxygen atoms in total. The molecule has 0 radical (unpaired) electrons. The van der Waals surface area contributed by atoms with Crippen molar-refractivity contribution in [1.82, 2.24) is 15.2 Å². The first-order chi connectivity index (χ1) is 9.03. The van der Waals surface area contributed by atoms with Crippen LogP contribution in [0.2, 0.25) is 0 Å². The van der Waals surface area contributed by atoms with Crippen molar-refractivity contribution >= 4 is 21.7 Å². The van der Waals surface area contributed by atoms with E-state index < -0.39 is 10.0 Å². The summed E-state index contributed by atoms with van der Waals surface area (Å²) in [5.74, 6) is 0.757. The van der Waals surface area contributed by atoms with E-state index in [1.54, 1.807) is 24.5 Å². The molecule has 0 amide bonds. The third-order valence-corrected chi connectivity index (χ3v) is 2.76. The Kier molecular flexibility index (Phi) is 3.91. The Labute approximate surface area is 111 Å². The van der Waals surface area contributed by atoms with Crippen molar-refractivity contribution in [2.75, 3.05) is 16.3 Å². The molecule has 19 heavy (non-hydrogen) atoms. The number of aromatic nitrogens is 3. The molecule has 2 rings (SSSR count). The van der Waals surface area contributed by atoms with Gasteiger partial charge in [-0.25, -0.2) is 8.42 Å². The largest absolute Gasteiger partial charge is 0.365 e. The van der Waals surface area contributed by atoms with E-state index in [9.17, 15) is 8.42 Å². The van der Waals surface area contributed by atoms with Gasteiger partial charge in [0.25, 0.3) is 0 Å². The van der Waals surface area contributed by atoms with Gasteiger partial charge in [0.2, 0.25) is 10.0 Å². The standard InChI is InChI=1S/C11H13N5O2S/c1-19(17,18)16-11-3-2-10(14-15-11)13-8-9-4-6-12-7-5-9/h2-7H,8H2,1H3,(H,13,14)(H,15,16). The molecule has 2 aromatic heterocycles. The maximum atomic E-state index is 11.0. The molecule has 0 saturated heterocycles. The highest BCUT2D eigenvalue weighted by molar-refractivity contribution is 7.92. The van der Waals surface area contributed by atoms with Crippen LogP contribution < -0.4 is 10.0 Å². The number of hydrogen-bond acceptors (Lipinski definition) is 6. The number of anilines is 2. The normalized spacial score (nSPS) is 11.0. The van der Waals surface area contributed by atoms with E-state index in [-0.39, 0.29) is 5.82 Å². The van der Waals surface area contributed by atoms with Crippen molar-refractivity contribution in [1.29, 1.82) is 0 Å². The summed E-state index contributed by atoms with van der Waals surface area (Å²) in [5, 5.41) is 10.7. The molecule has 0 aromatic carbocycles. The lowest BCUT2D eigenvalue weighted by Gasteiger charge is -2.06.